The van der Waals surface area contributed by atoms with Crippen LogP contribution in [0, 0.1) is 0 Å². The normalized spacial score (nSPS) is 11.6. The van der Waals surface area contributed by atoms with Gasteiger partial charge in [0, 0.05) is 17.5 Å². The second-order valence-electron chi connectivity index (χ2n) is 6.23. The molecule has 1 aromatic heterocycles. The van der Waals surface area contributed by atoms with Gasteiger partial charge in [0.05, 0.1) is 19.5 Å². The van der Waals surface area contributed by atoms with E-state index in [1.165, 1.54) is 0 Å². The monoisotopic (exact) mass is 350 g/mol. The van der Waals surface area contributed by atoms with Crippen molar-refractivity contribution in [3.05, 3.63) is 95.9 Å². The lowest BCUT2D eigenvalue weighted by atomic mass is 9.96. The number of unbranched alkanes of at least 4 members (excludes halogenated alkanes) is 1. The summed E-state index contributed by atoms with van der Waals surface area (Å²) in [5.41, 5.74) is 2.00. The Hall–Kier alpha value is -2.36. The van der Waals surface area contributed by atoms with Crippen molar-refractivity contribution < 1.29 is 13.9 Å². The lowest BCUT2D eigenvalue weighted by Gasteiger charge is -2.35. The first kappa shape index (κ1) is 18.4. The maximum atomic E-state index is 6.44. The Kier molecular flexibility index (Phi) is 6.64. The minimum absolute atomic E-state index is 0.503. The molecule has 0 saturated carbocycles. The van der Waals surface area contributed by atoms with Crippen LogP contribution >= 0.6 is 0 Å². The van der Waals surface area contributed by atoms with E-state index >= 15 is 0 Å². The molecule has 0 atom stereocenters. The van der Waals surface area contributed by atoms with E-state index in [9.17, 15) is 0 Å². The minimum Gasteiger partial charge on any atom is -0.469 e. The highest BCUT2D eigenvalue weighted by Crippen LogP contribution is 2.35. The van der Waals surface area contributed by atoms with E-state index in [1.54, 1.807) is 6.26 Å². The maximum absolute atomic E-state index is 6.44. The van der Waals surface area contributed by atoms with Gasteiger partial charge in [-0.05, 0) is 18.6 Å². The Balaban J connectivity index is 1.90. The van der Waals surface area contributed by atoms with Crippen molar-refractivity contribution in [1.82, 2.24) is 0 Å². The van der Waals surface area contributed by atoms with Crippen LogP contribution in [0.15, 0.2) is 83.5 Å². The average Bonchev–Trinajstić information content (AvgIpc) is 3.22. The highest BCUT2D eigenvalue weighted by molar-refractivity contribution is 5.33. The van der Waals surface area contributed by atoms with Gasteiger partial charge in [0.2, 0.25) is 5.79 Å². The smallest absolute Gasteiger partial charge is 0.222 e. The van der Waals surface area contributed by atoms with Gasteiger partial charge in [-0.15, -0.1) is 0 Å². The van der Waals surface area contributed by atoms with Crippen molar-refractivity contribution in [2.75, 3.05) is 13.2 Å². The van der Waals surface area contributed by atoms with Crippen LogP contribution in [0.3, 0.4) is 0 Å². The van der Waals surface area contributed by atoms with Crippen LogP contribution in [-0.2, 0) is 21.7 Å². The van der Waals surface area contributed by atoms with Gasteiger partial charge < -0.3 is 13.9 Å². The summed E-state index contributed by atoms with van der Waals surface area (Å²) in [6.07, 6.45) is 4.45. The molecular weight excluding hydrogens is 324 g/mol. The van der Waals surface area contributed by atoms with Crippen molar-refractivity contribution >= 4 is 0 Å². The van der Waals surface area contributed by atoms with Crippen molar-refractivity contribution in [1.29, 1.82) is 0 Å². The Morgan fingerprint density at radius 3 is 1.92 bits per heavy atom. The molecule has 3 nitrogen and oxygen atoms in total. The van der Waals surface area contributed by atoms with Gasteiger partial charge in [-0.3, -0.25) is 0 Å². The molecule has 0 aliphatic heterocycles. The summed E-state index contributed by atoms with van der Waals surface area (Å²) in [6.45, 7) is 3.30. The SMILES string of the molecule is CCCCOC(OCCc1ccco1)(c1ccccc1)c1ccccc1. The summed E-state index contributed by atoms with van der Waals surface area (Å²) in [5, 5.41) is 0. The third-order valence-corrected chi connectivity index (χ3v) is 4.34. The Morgan fingerprint density at radius 1 is 0.769 bits per heavy atom. The summed E-state index contributed by atoms with van der Waals surface area (Å²) >= 11 is 0. The lowest BCUT2D eigenvalue weighted by molar-refractivity contribution is -0.218. The number of hydrogen-bond donors (Lipinski definition) is 0. The molecule has 0 aliphatic carbocycles. The van der Waals surface area contributed by atoms with Crippen LogP contribution in [-0.4, -0.2) is 13.2 Å². The fraction of sp³-hybridized carbons (Fsp3) is 0.304. The van der Waals surface area contributed by atoms with Crippen LogP contribution in [0.5, 0.6) is 0 Å². The van der Waals surface area contributed by atoms with Gasteiger partial charge in [-0.25, -0.2) is 0 Å². The van der Waals surface area contributed by atoms with Crippen molar-refractivity contribution in [3.63, 3.8) is 0 Å². The molecule has 0 saturated heterocycles. The molecule has 0 aliphatic rings. The summed E-state index contributed by atoms with van der Waals surface area (Å²) in [7, 11) is 0. The number of rotatable bonds is 10. The van der Waals surface area contributed by atoms with E-state index in [2.05, 4.69) is 31.2 Å². The van der Waals surface area contributed by atoms with Gasteiger partial charge in [0.1, 0.15) is 5.76 Å². The Labute approximate surface area is 155 Å². The molecule has 3 rings (SSSR count). The zero-order valence-electron chi connectivity index (χ0n) is 15.3. The zero-order valence-corrected chi connectivity index (χ0v) is 15.3. The molecule has 0 fully saturated rings. The molecule has 3 aromatic rings. The second kappa shape index (κ2) is 9.37. The average molecular weight is 350 g/mol. The molecule has 2 aromatic carbocycles. The molecule has 26 heavy (non-hydrogen) atoms. The van der Waals surface area contributed by atoms with Crippen LogP contribution in [0.1, 0.15) is 36.7 Å². The molecule has 0 spiro atoms. The third-order valence-electron chi connectivity index (χ3n) is 4.34. The molecule has 0 N–H and O–H groups in total. The molecule has 0 amide bonds. The molecule has 0 unspecified atom stereocenters. The summed E-state index contributed by atoms with van der Waals surface area (Å²) in [5.74, 6) is -0.00169. The van der Waals surface area contributed by atoms with Gasteiger partial charge in [0.25, 0.3) is 0 Å². The number of hydrogen-bond acceptors (Lipinski definition) is 3. The topological polar surface area (TPSA) is 31.6 Å². The first-order chi connectivity index (χ1) is 12.8. The van der Waals surface area contributed by atoms with E-state index in [1.807, 2.05) is 48.5 Å². The molecule has 0 radical (unpaired) electrons. The van der Waals surface area contributed by atoms with Crippen molar-refractivity contribution in [3.8, 4) is 0 Å². The molecular formula is C23H26O3. The highest BCUT2D eigenvalue weighted by atomic mass is 16.7. The largest absolute Gasteiger partial charge is 0.469 e. The first-order valence-corrected chi connectivity index (χ1v) is 9.26. The van der Waals surface area contributed by atoms with Crippen molar-refractivity contribution in [2.45, 2.75) is 32.0 Å². The van der Waals surface area contributed by atoms with Crippen LogP contribution < -0.4 is 0 Å². The third kappa shape index (κ3) is 4.43. The summed E-state index contributed by atoms with van der Waals surface area (Å²) in [4.78, 5) is 0. The predicted octanol–water partition coefficient (Wildman–Crippen LogP) is 5.56. The highest BCUT2D eigenvalue weighted by Gasteiger charge is 2.36. The predicted molar refractivity (Wildman–Crippen MR) is 103 cm³/mol. The summed E-state index contributed by atoms with van der Waals surface area (Å²) in [6, 6.07) is 24.2. The number of ether oxygens (including phenoxy) is 2. The Bertz CT molecular complexity index is 696. The fourth-order valence-electron chi connectivity index (χ4n) is 2.97. The quantitative estimate of drug-likeness (QED) is 0.354. The number of furan rings is 1. The fourth-order valence-corrected chi connectivity index (χ4v) is 2.97. The molecule has 3 heteroatoms. The first-order valence-electron chi connectivity index (χ1n) is 9.26. The van der Waals surface area contributed by atoms with Gasteiger partial charge in [0.15, 0.2) is 0 Å². The standard InChI is InChI=1S/C23H26O3/c1-2-3-18-25-23(20-11-6-4-7-12-20,21-13-8-5-9-14-21)26-19-16-22-15-10-17-24-22/h4-15,17H,2-3,16,18-19H2,1H3. The van der Waals surface area contributed by atoms with E-state index in [-0.39, 0.29) is 0 Å². The van der Waals surface area contributed by atoms with Gasteiger partial charge in [-0.1, -0.05) is 74.0 Å². The van der Waals surface area contributed by atoms with Crippen LogP contribution in [0.2, 0.25) is 0 Å². The van der Waals surface area contributed by atoms with Gasteiger partial charge in [-0.2, -0.15) is 0 Å². The number of benzene rings is 2. The van der Waals surface area contributed by atoms with E-state index in [4.69, 9.17) is 13.9 Å². The van der Waals surface area contributed by atoms with E-state index in [0.29, 0.717) is 19.6 Å². The summed E-state index contributed by atoms with van der Waals surface area (Å²) < 4.78 is 18.3. The Morgan fingerprint density at radius 2 is 1.38 bits per heavy atom. The van der Waals surface area contributed by atoms with Gasteiger partial charge >= 0.3 is 0 Å². The molecule has 1 heterocycles. The van der Waals surface area contributed by atoms with Crippen molar-refractivity contribution in [2.24, 2.45) is 0 Å². The molecule has 0 bridgehead atoms. The molecule has 136 valence electrons. The minimum atomic E-state index is -0.912. The van der Waals surface area contributed by atoms with Crippen LogP contribution in [0.4, 0.5) is 0 Å². The van der Waals surface area contributed by atoms with Crippen LogP contribution in [0.25, 0.3) is 0 Å². The maximum Gasteiger partial charge on any atom is 0.222 e. The van der Waals surface area contributed by atoms with E-state index < -0.39 is 5.79 Å². The van der Waals surface area contributed by atoms with E-state index in [0.717, 1.165) is 29.7 Å². The zero-order chi connectivity index (χ0) is 18.1. The lowest BCUT2D eigenvalue weighted by Crippen LogP contribution is -2.35. The second-order valence-corrected chi connectivity index (χ2v) is 6.23.